The van der Waals surface area contributed by atoms with Gasteiger partial charge in [0, 0.05) is 5.92 Å². The van der Waals surface area contributed by atoms with E-state index in [0.29, 0.717) is 17.8 Å². The first-order valence-corrected chi connectivity index (χ1v) is 6.23. The monoisotopic (exact) mass is 266 g/mol. The molecule has 1 heterocycles. The highest BCUT2D eigenvalue weighted by Gasteiger charge is 2.19. The van der Waals surface area contributed by atoms with Crippen molar-refractivity contribution in [2.45, 2.75) is 12.3 Å². The van der Waals surface area contributed by atoms with Gasteiger partial charge >= 0.3 is 0 Å². The van der Waals surface area contributed by atoms with Crippen molar-refractivity contribution < 1.29 is 4.39 Å². The highest BCUT2D eigenvalue weighted by Crippen LogP contribution is 2.30. The van der Waals surface area contributed by atoms with Crippen molar-refractivity contribution in [1.29, 1.82) is 5.26 Å². The number of nitrogens with one attached hydrogen (secondary N) is 1. The summed E-state index contributed by atoms with van der Waals surface area (Å²) in [6.45, 7) is 0. The molecular weight excluding hydrogens is 255 g/mol. The van der Waals surface area contributed by atoms with E-state index in [1.807, 2.05) is 30.4 Å². The van der Waals surface area contributed by atoms with Crippen LogP contribution in [0.1, 0.15) is 29.3 Å². The van der Waals surface area contributed by atoms with E-state index in [2.05, 4.69) is 15.4 Å². The van der Waals surface area contributed by atoms with Crippen molar-refractivity contribution in [3.8, 4) is 6.07 Å². The second kappa shape index (κ2) is 5.10. The van der Waals surface area contributed by atoms with Crippen LogP contribution in [0.4, 0.5) is 4.39 Å². The van der Waals surface area contributed by atoms with Crippen LogP contribution in [0, 0.1) is 17.1 Å². The summed E-state index contributed by atoms with van der Waals surface area (Å²) >= 11 is 0. The molecular formula is C15H11FN4. The second-order valence-corrected chi connectivity index (χ2v) is 4.54. The lowest BCUT2D eigenvalue weighted by Crippen LogP contribution is -2.01. The second-order valence-electron chi connectivity index (χ2n) is 4.54. The van der Waals surface area contributed by atoms with E-state index in [9.17, 15) is 4.39 Å². The minimum absolute atomic E-state index is 0.0284. The number of H-pyrrole nitrogens is 1. The Labute approximate surface area is 115 Å². The summed E-state index contributed by atoms with van der Waals surface area (Å²) in [6, 6.07) is 8.51. The van der Waals surface area contributed by atoms with Crippen LogP contribution in [-0.4, -0.2) is 15.4 Å². The van der Waals surface area contributed by atoms with Gasteiger partial charge < -0.3 is 0 Å². The predicted molar refractivity (Wildman–Crippen MR) is 72.0 cm³/mol. The van der Waals surface area contributed by atoms with Crippen LogP contribution < -0.4 is 0 Å². The first-order valence-electron chi connectivity index (χ1n) is 6.23. The molecule has 4 nitrogen and oxygen atoms in total. The maximum Gasteiger partial charge on any atom is 0.186 e. The molecule has 1 atom stereocenters. The van der Waals surface area contributed by atoms with Crippen molar-refractivity contribution in [3.63, 3.8) is 0 Å². The molecule has 1 aromatic heterocycles. The van der Waals surface area contributed by atoms with Crippen LogP contribution in [0.2, 0.25) is 0 Å². The van der Waals surface area contributed by atoms with E-state index in [4.69, 9.17) is 5.26 Å². The van der Waals surface area contributed by atoms with Crippen LogP contribution in [0.25, 0.3) is 5.57 Å². The van der Waals surface area contributed by atoms with Gasteiger partial charge in [0.2, 0.25) is 0 Å². The van der Waals surface area contributed by atoms with Gasteiger partial charge in [-0.3, -0.25) is 0 Å². The van der Waals surface area contributed by atoms with Gasteiger partial charge in [-0.2, -0.15) is 15.6 Å². The molecule has 0 radical (unpaired) electrons. The average Bonchev–Trinajstić information content (AvgIpc) is 2.96. The summed E-state index contributed by atoms with van der Waals surface area (Å²) in [5.41, 5.74) is 2.80. The number of halogens is 1. The van der Waals surface area contributed by atoms with Gasteiger partial charge in [0.15, 0.2) is 5.69 Å². The van der Waals surface area contributed by atoms with E-state index in [0.717, 1.165) is 11.1 Å². The van der Waals surface area contributed by atoms with E-state index < -0.39 is 0 Å². The number of rotatable bonds is 2. The Bertz CT molecular complexity index is 736. The van der Waals surface area contributed by atoms with Crippen molar-refractivity contribution in [2.75, 3.05) is 0 Å². The quantitative estimate of drug-likeness (QED) is 0.908. The molecule has 1 unspecified atom stereocenters. The van der Waals surface area contributed by atoms with Crippen LogP contribution in [0.5, 0.6) is 0 Å². The fraction of sp³-hybridized carbons (Fsp3) is 0.133. The van der Waals surface area contributed by atoms with Gasteiger partial charge in [-0.25, -0.2) is 4.39 Å². The lowest BCUT2D eigenvalue weighted by Gasteiger charge is -2.14. The first kappa shape index (κ1) is 12.3. The van der Waals surface area contributed by atoms with Gasteiger partial charge in [-0.15, -0.1) is 5.10 Å². The van der Waals surface area contributed by atoms with Gasteiger partial charge in [0.1, 0.15) is 17.6 Å². The molecule has 5 heteroatoms. The molecule has 20 heavy (non-hydrogen) atoms. The normalized spacial score (nSPS) is 17.6. The Morgan fingerprint density at radius 1 is 1.35 bits per heavy atom. The molecule has 0 saturated heterocycles. The van der Waals surface area contributed by atoms with Crippen molar-refractivity contribution in [2.24, 2.45) is 0 Å². The Morgan fingerprint density at radius 2 is 2.25 bits per heavy atom. The maximum atomic E-state index is 13.2. The molecule has 1 aliphatic carbocycles. The molecule has 3 rings (SSSR count). The molecule has 0 fully saturated rings. The summed E-state index contributed by atoms with van der Waals surface area (Å²) in [7, 11) is 0. The molecule has 1 N–H and O–H groups in total. The highest BCUT2D eigenvalue weighted by molar-refractivity contribution is 5.75. The Kier molecular flexibility index (Phi) is 3.13. The Hall–Kier alpha value is -2.74. The number of hydrogen-bond donors (Lipinski definition) is 1. The third-order valence-electron chi connectivity index (χ3n) is 3.29. The summed E-state index contributed by atoms with van der Waals surface area (Å²) in [4.78, 5) is 0. The minimum atomic E-state index is -0.248. The number of nitriles is 1. The van der Waals surface area contributed by atoms with Crippen LogP contribution in [0.15, 0.2) is 42.5 Å². The summed E-state index contributed by atoms with van der Waals surface area (Å²) < 4.78 is 13.2. The summed E-state index contributed by atoms with van der Waals surface area (Å²) in [5.74, 6) is -0.220. The van der Waals surface area contributed by atoms with Crippen molar-refractivity contribution in [3.05, 3.63) is 65.3 Å². The number of hydrogen-bond acceptors (Lipinski definition) is 3. The fourth-order valence-corrected chi connectivity index (χ4v) is 2.29. The molecule has 1 aliphatic rings. The molecule has 0 amide bonds. The third-order valence-corrected chi connectivity index (χ3v) is 3.29. The van der Waals surface area contributed by atoms with Gasteiger partial charge in [0.25, 0.3) is 0 Å². The zero-order valence-corrected chi connectivity index (χ0v) is 10.5. The van der Waals surface area contributed by atoms with Gasteiger partial charge in [0.05, 0.1) is 0 Å². The summed E-state index contributed by atoms with van der Waals surface area (Å²) in [5, 5.41) is 19.2. The number of benzene rings is 1. The largest absolute Gasteiger partial charge is 0.207 e. The standard InChI is InChI=1S/C15H11FN4/c16-13-3-1-2-12(8-13)10-4-6-11(7-5-10)15-14(9-17)18-20-19-15/h1-6,8,11H,7H2,(H,18,19,20). The number of nitrogens with zero attached hydrogens (tertiary/aromatic N) is 3. The topological polar surface area (TPSA) is 65.4 Å². The zero-order chi connectivity index (χ0) is 13.9. The van der Waals surface area contributed by atoms with E-state index in [1.54, 1.807) is 6.07 Å². The average molecular weight is 266 g/mol. The predicted octanol–water partition coefficient (Wildman–Crippen LogP) is 2.94. The molecule has 98 valence electrons. The lowest BCUT2D eigenvalue weighted by molar-refractivity contribution is 0.627. The third kappa shape index (κ3) is 2.24. The van der Waals surface area contributed by atoms with Crippen LogP contribution >= 0.6 is 0 Å². The zero-order valence-electron chi connectivity index (χ0n) is 10.5. The van der Waals surface area contributed by atoms with Crippen LogP contribution in [0.3, 0.4) is 0 Å². The SMILES string of the molecule is N#Cc1n[nH]nc1C1C=CC(c2cccc(F)c2)=CC1. The van der Waals surface area contributed by atoms with E-state index in [-0.39, 0.29) is 11.7 Å². The molecule has 0 spiro atoms. The Morgan fingerprint density at radius 3 is 2.95 bits per heavy atom. The molecule has 2 aromatic rings. The molecule has 0 aliphatic heterocycles. The molecule has 0 saturated carbocycles. The number of aromatic nitrogens is 3. The van der Waals surface area contributed by atoms with E-state index in [1.165, 1.54) is 12.1 Å². The molecule has 1 aromatic carbocycles. The maximum absolute atomic E-state index is 13.2. The number of aromatic amines is 1. The highest BCUT2D eigenvalue weighted by atomic mass is 19.1. The number of allylic oxidation sites excluding steroid dienone is 4. The first-order chi connectivity index (χ1) is 9.78. The molecule has 0 bridgehead atoms. The van der Waals surface area contributed by atoms with Crippen LogP contribution in [-0.2, 0) is 0 Å². The Balaban J connectivity index is 1.83. The minimum Gasteiger partial charge on any atom is -0.207 e. The van der Waals surface area contributed by atoms with E-state index >= 15 is 0 Å². The van der Waals surface area contributed by atoms with Gasteiger partial charge in [-0.1, -0.05) is 30.4 Å². The smallest absolute Gasteiger partial charge is 0.186 e. The van der Waals surface area contributed by atoms with Gasteiger partial charge in [-0.05, 0) is 29.7 Å². The summed E-state index contributed by atoms with van der Waals surface area (Å²) in [6.07, 6.45) is 6.64. The lowest BCUT2D eigenvalue weighted by atomic mass is 9.90. The van der Waals surface area contributed by atoms with Crippen molar-refractivity contribution >= 4 is 5.57 Å². The van der Waals surface area contributed by atoms with Crippen molar-refractivity contribution in [1.82, 2.24) is 15.4 Å². The fourth-order valence-electron chi connectivity index (χ4n) is 2.29.